The number of unbranched alkanes of at least 4 members (excludes halogenated alkanes) is 3. The van der Waals surface area contributed by atoms with Crippen LogP contribution in [0.5, 0.6) is 0 Å². The standard InChI is InChI=1S/C19H28O4/c1-2-10-17(13-8-3-4-9-14-18(20)21)19(22)23-15-16-11-6-5-7-12-16/h5-7,11-12,17H,2-4,8-10,13-15H2,1H3,(H,20,21). The van der Waals surface area contributed by atoms with Crippen molar-refractivity contribution in [3.8, 4) is 0 Å². The number of hydrogen-bond donors (Lipinski definition) is 1. The van der Waals surface area contributed by atoms with Crippen molar-refractivity contribution < 1.29 is 19.4 Å². The van der Waals surface area contributed by atoms with Gasteiger partial charge in [-0.25, -0.2) is 0 Å². The maximum absolute atomic E-state index is 12.2. The van der Waals surface area contributed by atoms with E-state index in [1.165, 1.54) is 0 Å². The van der Waals surface area contributed by atoms with Crippen molar-refractivity contribution in [3.05, 3.63) is 35.9 Å². The van der Waals surface area contributed by atoms with Crippen LogP contribution in [0.3, 0.4) is 0 Å². The molecule has 0 aliphatic heterocycles. The first-order chi connectivity index (χ1) is 11.1. The number of carboxylic acid groups (broad SMARTS) is 1. The molecule has 0 spiro atoms. The molecule has 0 amide bonds. The van der Waals surface area contributed by atoms with E-state index < -0.39 is 5.97 Å². The van der Waals surface area contributed by atoms with E-state index in [0.29, 0.717) is 13.0 Å². The highest BCUT2D eigenvalue weighted by molar-refractivity contribution is 5.72. The lowest BCUT2D eigenvalue weighted by molar-refractivity contribution is -0.150. The number of benzene rings is 1. The van der Waals surface area contributed by atoms with Gasteiger partial charge in [-0.05, 0) is 24.8 Å². The number of carbonyl (C=O) groups excluding carboxylic acids is 1. The molecule has 0 heterocycles. The average Bonchev–Trinajstić information content (AvgIpc) is 2.55. The molecule has 0 bridgehead atoms. The Kier molecular flexibility index (Phi) is 9.76. The van der Waals surface area contributed by atoms with Gasteiger partial charge in [0, 0.05) is 6.42 Å². The first kappa shape index (κ1) is 19.2. The fraction of sp³-hybridized carbons (Fsp3) is 0.579. The smallest absolute Gasteiger partial charge is 0.309 e. The third-order valence-corrected chi connectivity index (χ3v) is 3.89. The number of ether oxygens (including phenoxy) is 1. The van der Waals surface area contributed by atoms with E-state index in [1.54, 1.807) is 0 Å². The molecule has 1 N–H and O–H groups in total. The molecule has 128 valence electrons. The van der Waals surface area contributed by atoms with Crippen molar-refractivity contribution in [2.75, 3.05) is 0 Å². The van der Waals surface area contributed by atoms with Gasteiger partial charge in [0.15, 0.2) is 0 Å². The van der Waals surface area contributed by atoms with Crippen molar-refractivity contribution in [1.29, 1.82) is 0 Å². The summed E-state index contributed by atoms with van der Waals surface area (Å²) in [4.78, 5) is 22.7. The van der Waals surface area contributed by atoms with Gasteiger partial charge in [-0.1, -0.05) is 62.9 Å². The first-order valence-corrected chi connectivity index (χ1v) is 8.55. The number of carbonyl (C=O) groups is 2. The normalized spacial score (nSPS) is 11.9. The molecule has 1 atom stereocenters. The van der Waals surface area contributed by atoms with E-state index in [4.69, 9.17) is 9.84 Å². The number of aliphatic carboxylic acids is 1. The summed E-state index contributed by atoms with van der Waals surface area (Å²) >= 11 is 0. The Labute approximate surface area is 138 Å². The van der Waals surface area contributed by atoms with Gasteiger partial charge >= 0.3 is 11.9 Å². The lowest BCUT2D eigenvalue weighted by Crippen LogP contribution is -2.17. The minimum absolute atomic E-state index is 0.0387. The maximum Gasteiger partial charge on any atom is 0.309 e. The van der Waals surface area contributed by atoms with Crippen molar-refractivity contribution in [2.45, 2.75) is 64.9 Å². The van der Waals surface area contributed by atoms with Crippen molar-refractivity contribution in [2.24, 2.45) is 5.92 Å². The van der Waals surface area contributed by atoms with Crippen LogP contribution >= 0.6 is 0 Å². The fourth-order valence-corrected chi connectivity index (χ4v) is 2.60. The van der Waals surface area contributed by atoms with Gasteiger partial charge in [-0.15, -0.1) is 0 Å². The molecule has 1 unspecified atom stereocenters. The van der Waals surface area contributed by atoms with E-state index >= 15 is 0 Å². The van der Waals surface area contributed by atoms with Gasteiger partial charge in [0.1, 0.15) is 6.61 Å². The Balaban J connectivity index is 2.26. The zero-order valence-electron chi connectivity index (χ0n) is 14.0. The second kappa shape index (κ2) is 11.7. The van der Waals surface area contributed by atoms with E-state index in [-0.39, 0.29) is 18.3 Å². The van der Waals surface area contributed by atoms with E-state index in [0.717, 1.165) is 44.1 Å². The van der Waals surface area contributed by atoms with Crippen LogP contribution in [0, 0.1) is 5.92 Å². The van der Waals surface area contributed by atoms with Crippen molar-refractivity contribution in [3.63, 3.8) is 0 Å². The minimum Gasteiger partial charge on any atom is -0.481 e. The summed E-state index contributed by atoms with van der Waals surface area (Å²) in [5, 5.41) is 8.59. The van der Waals surface area contributed by atoms with Crippen molar-refractivity contribution >= 4 is 11.9 Å². The Morgan fingerprint density at radius 1 is 1.04 bits per heavy atom. The molecule has 0 aliphatic rings. The van der Waals surface area contributed by atoms with Crippen molar-refractivity contribution in [1.82, 2.24) is 0 Å². The van der Waals surface area contributed by atoms with Gasteiger partial charge in [-0.3, -0.25) is 9.59 Å². The lowest BCUT2D eigenvalue weighted by Gasteiger charge is -2.15. The summed E-state index contributed by atoms with van der Waals surface area (Å²) in [6.07, 6.45) is 6.42. The first-order valence-electron chi connectivity index (χ1n) is 8.55. The number of hydrogen-bond acceptors (Lipinski definition) is 3. The van der Waals surface area contributed by atoms with Gasteiger partial charge in [0.05, 0.1) is 5.92 Å². The molecule has 1 aromatic carbocycles. The highest BCUT2D eigenvalue weighted by Gasteiger charge is 2.18. The molecule has 4 heteroatoms. The van der Waals surface area contributed by atoms with Crippen LogP contribution in [-0.4, -0.2) is 17.0 Å². The zero-order valence-corrected chi connectivity index (χ0v) is 14.0. The maximum atomic E-state index is 12.2. The predicted octanol–water partition coefficient (Wildman–Crippen LogP) is 4.57. The molecule has 0 saturated carbocycles. The lowest BCUT2D eigenvalue weighted by atomic mass is 9.96. The molecule has 0 fully saturated rings. The fourth-order valence-electron chi connectivity index (χ4n) is 2.60. The van der Waals surface area contributed by atoms with Crippen LogP contribution in [0.4, 0.5) is 0 Å². The third kappa shape index (κ3) is 9.01. The highest BCUT2D eigenvalue weighted by Crippen LogP contribution is 2.19. The SMILES string of the molecule is CCCC(CCCCCCC(=O)O)C(=O)OCc1ccccc1. The summed E-state index contributed by atoms with van der Waals surface area (Å²) in [5.74, 6) is -0.886. The van der Waals surface area contributed by atoms with Crippen LogP contribution in [0.2, 0.25) is 0 Å². The summed E-state index contributed by atoms with van der Waals surface area (Å²) in [7, 11) is 0. The van der Waals surface area contributed by atoms with Crippen LogP contribution in [0.25, 0.3) is 0 Å². The number of esters is 1. The van der Waals surface area contributed by atoms with Crippen LogP contribution in [0.15, 0.2) is 30.3 Å². The van der Waals surface area contributed by atoms with E-state index in [2.05, 4.69) is 6.92 Å². The Morgan fingerprint density at radius 2 is 1.74 bits per heavy atom. The molecule has 1 aromatic rings. The summed E-state index contributed by atoms with van der Waals surface area (Å²) in [6.45, 7) is 2.41. The largest absolute Gasteiger partial charge is 0.481 e. The topological polar surface area (TPSA) is 63.6 Å². The minimum atomic E-state index is -0.738. The predicted molar refractivity (Wildman–Crippen MR) is 90.0 cm³/mol. The molecule has 0 aromatic heterocycles. The Morgan fingerprint density at radius 3 is 2.39 bits per heavy atom. The van der Waals surface area contributed by atoms with E-state index in [9.17, 15) is 9.59 Å². The van der Waals surface area contributed by atoms with Crippen LogP contribution in [-0.2, 0) is 20.9 Å². The number of carboxylic acids is 1. The Hall–Kier alpha value is -1.84. The summed E-state index contributed by atoms with van der Waals surface area (Å²) < 4.78 is 5.44. The zero-order chi connectivity index (χ0) is 16.9. The quantitative estimate of drug-likeness (QED) is 0.452. The summed E-state index contributed by atoms with van der Waals surface area (Å²) in [6, 6.07) is 9.71. The van der Waals surface area contributed by atoms with Gasteiger partial charge in [-0.2, -0.15) is 0 Å². The molecule has 0 aliphatic carbocycles. The second-order valence-electron chi connectivity index (χ2n) is 5.93. The summed E-state index contributed by atoms with van der Waals surface area (Å²) in [5.41, 5.74) is 1.00. The molecule has 4 nitrogen and oxygen atoms in total. The Bertz CT molecular complexity index is 456. The van der Waals surface area contributed by atoms with Crippen LogP contribution < -0.4 is 0 Å². The monoisotopic (exact) mass is 320 g/mol. The second-order valence-corrected chi connectivity index (χ2v) is 5.93. The average molecular weight is 320 g/mol. The van der Waals surface area contributed by atoms with Gasteiger partial charge < -0.3 is 9.84 Å². The molecule has 1 rings (SSSR count). The molecule has 23 heavy (non-hydrogen) atoms. The van der Waals surface area contributed by atoms with E-state index in [1.807, 2.05) is 30.3 Å². The molecular formula is C19H28O4. The molecule has 0 radical (unpaired) electrons. The highest BCUT2D eigenvalue weighted by atomic mass is 16.5. The third-order valence-electron chi connectivity index (χ3n) is 3.89. The van der Waals surface area contributed by atoms with Crippen LogP contribution in [0.1, 0.15) is 63.9 Å². The number of rotatable bonds is 12. The van der Waals surface area contributed by atoms with Gasteiger partial charge in [0.2, 0.25) is 0 Å². The molecular weight excluding hydrogens is 292 g/mol. The van der Waals surface area contributed by atoms with Gasteiger partial charge in [0.25, 0.3) is 0 Å². The molecule has 0 saturated heterocycles.